The van der Waals surface area contributed by atoms with Gasteiger partial charge in [-0.3, -0.25) is 4.84 Å². The van der Waals surface area contributed by atoms with E-state index in [1.165, 1.54) is 0 Å². The van der Waals surface area contributed by atoms with Crippen molar-refractivity contribution in [2.75, 3.05) is 13.7 Å². The van der Waals surface area contributed by atoms with Gasteiger partial charge in [0.05, 0.1) is 6.61 Å². The van der Waals surface area contributed by atoms with Crippen LogP contribution in [0.4, 0.5) is 0 Å². The van der Waals surface area contributed by atoms with Crippen LogP contribution in [0.25, 0.3) is 0 Å². The van der Waals surface area contributed by atoms with Gasteiger partial charge in [-0.25, -0.2) is 0 Å². The van der Waals surface area contributed by atoms with Crippen LogP contribution in [0.2, 0.25) is 0 Å². The first-order valence-electron chi connectivity index (χ1n) is 2.61. The Balaban J connectivity index is 2.53. The summed E-state index contributed by atoms with van der Waals surface area (Å²) in [6.45, 7) is 2.67. The molecule has 0 aromatic carbocycles. The maximum absolute atomic E-state index is 4.69. The van der Waals surface area contributed by atoms with E-state index < -0.39 is 0 Å². The predicted molar refractivity (Wildman–Crippen MR) is 29.5 cm³/mol. The number of nitrogens with one attached hydrogen (secondary N) is 2. The van der Waals surface area contributed by atoms with Crippen LogP contribution in [0.3, 0.4) is 0 Å². The predicted octanol–water partition coefficient (Wildman–Crippen LogP) is -0.0164. The van der Waals surface area contributed by atoms with Crippen molar-refractivity contribution in [3.05, 3.63) is 0 Å². The number of hydroxylamine groups is 1. The van der Waals surface area contributed by atoms with Gasteiger partial charge in [-0.2, -0.15) is 10.4 Å². The second kappa shape index (κ2) is 6.84. The smallest absolute Gasteiger partial charge is 0.0707 e. The molecule has 4 heteroatoms. The highest BCUT2D eigenvalue weighted by Crippen LogP contribution is 1.72. The van der Waals surface area contributed by atoms with E-state index in [-0.39, 0.29) is 0 Å². The molecule has 0 aromatic rings. The molecule has 0 unspecified atom stereocenters. The minimum Gasteiger partial charge on any atom is -0.275 e. The van der Waals surface area contributed by atoms with Crippen LogP contribution >= 0.6 is 0 Å². The van der Waals surface area contributed by atoms with E-state index in [4.69, 9.17) is 0 Å². The molecule has 0 saturated carbocycles. The van der Waals surface area contributed by atoms with Crippen molar-refractivity contribution in [1.29, 1.82) is 0 Å². The van der Waals surface area contributed by atoms with E-state index >= 15 is 0 Å². The highest BCUT2D eigenvalue weighted by Gasteiger charge is 1.78. The van der Waals surface area contributed by atoms with Crippen molar-refractivity contribution in [2.45, 2.75) is 13.3 Å². The van der Waals surface area contributed by atoms with Gasteiger partial charge < -0.3 is 0 Å². The highest BCUT2D eigenvalue weighted by molar-refractivity contribution is 4.14. The minimum absolute atomic E-state index is 0.654. The second-order valence-electron chi connectivity index (χ2n) is 1.24. The summed E-state index contributed by atoms with van der Waals surface area (Å²) < 4.78 is 0. The molecule has 0 amide bonds. The molecule has 8 heavy (non-hydrogen) atoms. The summed E-state index contributed by atoms with van der Waals surface area (Å²) in [6.07, 6.45) is 0.972. The number of hydrogen-bond donors (Lipinski definition) is 2. The number of hydrogen-bond acceptors (Lipinski definition) is 4. The molecule has 0 aliphatic carbocycles. The third-order valence-corrected chi connectivity index (χ3v) is 0.509. The lowest BCUT2D eigenvalue weighted by molar-refractivity contribution is -0.202. The van der Waals surface area contributed by atoms with Crippen molar-refractivity contribution in [2.24, 2.45) is 0 Å². The van der Waals surface area contributed by atoms with Crippen LogP contribution in [0, 0.1) is 0 Å². The Hall–Kier alpha value is -0.160. The first-order chi connectivity index (χ1) is 3.91. The average molecular weight is 120 g/mol. The largest absolute Gasteiger partial charge is 0.275 e. The molecule has 2 N–H and O–H groups in total. The zero-order chi connectivity index (χ0) is 6.24. The lowest BCUT2D eigenvalue weighted by Gasteiger charge is -2.00. The summed E-state index contributed by atoms with van der Waals surface area (Å²) in [5, 5.41) is 0. The minimum atomic E-state index is 0.654. The van der Waals surface area contributed by atoms with Crippen molar-refractivity contribution < 1.29 is 9.78 Å². The van der Waals surface area contributed by atoms with Gasteiger partial charge in [-0.05, 0) is 6.42 Å². The quantitative estimate of drug-likeness (QED) is 0.395. The Labute approximate surface area is 49.0 Å². The fraction of sp³-hybridized carbons (Fsp3) is 1.00. The molecule has 0 saturated heterocycles. The van der Waals surface area contributed by atoms with Gasteiger partial charge in [-0.1, -0.05) is 12.6 Å². The Morgan fingerprint density at radius 3 is 2.75 bits per heavy atom. The van der Waals surface area contributed by atoms with Crippen LogP contribution in [0.5, 0.6) is 0 Å². The maximum Gasteiger partial charge on any atom is 0.0707 e. The summed E-state index contributed by atoms with van der Waals surface area (Å²) in [6, 6.07) is 0. The molecule has 0 spiro atoms. The molecular formula is C4H12N2O2. The molecule has 0 aliphatic heterocycles. The van der Waals surface area contributed by atoms with E-state index in [2.05, 4.69) is 20.9 Å². The normalized spacial score (nSPS) is 9.75. The monoisotopic (exact) mass is 120 g/mol. The Bertz CT molecular complexity index is 37.0. The van der Waals surface area contributed by atoms with E-state index in [0.29, 0.717) is 6.61 Å². The van der Waals surface area contributed by atoms with E-state index in [9.17, 15) is 0 Å². The molecule has 0 atom stereocenters. The fourth-order valence-electron chi connectivity index (χ4n) is 0.215. The van der Waals surface area contributed by atoms with E-state index in [0.717, 1.165) is 6.42 Å². The summed E-state index contributed by atoms with van der Waals surface area (Å²) >= 11 is 0. The number of rotatable bonds is 5. The Morgan fingerprint density at radius 2 is 2.25 bits per heavy atom. The lowest BCUT2D eigenvalue weighted by Crippen LogP contribution is -2.23. The SMILES string of the molecule is CCCONONC. The van der Waals surface area contributed by atoms with Crippen molar-refractivity contribution in [3.63, 3.8) is 0 Å². The third kappa shape index (κ3) is 5.84. The summed E-state index contributed by atoms with van der Waals surface area (Å²) in [7, 11) is 1.64. The summed E-state index contributed by atoms with van der Waals surface area (Å²) in [4.78, 5) is 9.10. The molecule has 0 radical (unpaired) electrons. The lowest BCUT2D eigenvalue weighted by atomic mass is 10.5. The van der Waals surface area contributed by atoms with E-state index in [1.807, 2.05) is 6.92 Å². The molecule has 0 aromatic heterocycles. The average Bonchev–Trinajstić information content (AvgIpc) is 1.81. The van der Waals surface area contributed by atoms with Gasteiger partial charge >= 0.3 is 0 Å². The summed E-state index contributed by atoms with van der Waals surface area (Å²) in [5.74, 6) is 0. The molecule has 0 rings (SSSR count). The molecule has 0 heterocycles. The van der Waals surface area contributed by atoms with Crippen LogP contribution < -0.4 is 11.1 Å². The second-order valence-corrected chi connectivity index (χ2v) is 1.24. The van der Waals surface area contributed by atoms with Crippen molar-refractivity contribution >= 4 is 0 Å². The Morgan fingerprint density at radius 1 is 1.50 bits per heavy atom. The molecule has 4 nitrogen and oxygen atoms in total. The fourth-order valence-corrected chi connectivity index (χ4v) is 0.215. The first-order valence-corrected chi connectivity index (χ1v) is 2.61. The van der Waals surface area contributed by atoms with Crippen LogP contribution in [0.15, 0.2) is 0 Å². The van der Waals surface area contributed by atoms with Crippen LogP contribution in [-0.2, 0) is 9.78 Å². The molecule has 0 fully saturated rings. The molecule has 50 valence electrons. The van der Waals surface area contributed by atoms with Gasteiger partial charge in [0.15, 0.2) is 0 Å². The zero-order valence-electron chi connectivity index (χ0n) is 5.23. The van der Waals surface area contributed by atoms with Gasteiger partial charge in [0.1, 0.15) is 0 Å². The molecule has 0 aliphatic rings. The van der Waals surface area contributed by atoms with Gasteiger partial charge in [-0.15, -0.1) is 0 Å². The maximum atomic E-state index is 4.69. The standard InChI is InChI=1S/C4H12N2O2/c1-3-4-7-6-8-5-2/h5-6H,3-4H2,1-2H3. The summed E-state index contributed by atoms with van der Waals surface area (Å²) in [5.41, 5.74) is 4.62. The topological polar surface area (TPSA) is 42.5 Å². The third-order valence-electron chi connectivity index (χ3n) is 0.509. The molecular weight excluding hydrogens is 108 g/mol. The van der Waals surface area contributed by atoms with Gasteiger partial charge in [0, 0.05) is 7.05 Å². The van der Waals surface area contributed by atoms with Gasteiger partial charge in [0.2, 0.25) is 0 Å². The van der Waals surface area contributed by atoms with Gasteiger partial charge in [0.25, 0.3) is 0 Å². The highest BCUT2D eigenvalue weighted by atomic mass is 17.0. The first kappa shape index (κ1) is 7.84. The van der Waals surface area contributed by atoms with E-state index in [1.54, 1.807) is 7.05 Å². The van der Waals surface area contributed by atoms with Crippen LogP contribution in [0.1, 0.15) is 13.3 Å². The zero-order valence-corrected chi connectivity index (χ0v) is 5.23. The molecule has 0 bridgehead atoms. The van der Waals surface area contributed by atoms with Crippen molar-refractivity contribution in [3.8, 4) is 0 Å². The van der Waals surface area contributed by atoms with Crippen molar-refractivity contribution in [1.82, 2.24) is 11.1 Å². The Kier molecular flexibility index (Phi) is 6.70. The van der Waals surface area contributed by atoms with Crippen LogP contribution in [-0.4, -0.2) is 13.7 Å².